The highest BCUT2D eigenvalue weighted by Crippen LogP contribution is 2.44. The Labute approximate surface area is 172 Å². The SMILES string of the molecule is CO[Si](CCCC1CC(CC[Si](OC)(OC)OC)CCC1(O)S)(OC)OC. The van der Waals surface area contributed by atoms with E-state index in [-0.39, 0.29) is 5.92 Å². The van der Waals surface area contributed by atoms with Crippen LogP contribution in [0.3, 0.4) is 0 Å². The smallest absolute Gasteiger partial charge is 0.379 e. The number of rotatable bonds is 13. The summed E-state index contributed by atoms with van der Waals surface area (Å²) in [7, 11) is 4.70. The lowest BCUT2D eigenvalue weighted by atomic mass is 9.76. The predicted octanol–water partition coefficient (Wildman–Crippen LogP) is 2.95. The lowest BCUT2D eigenvalue weighted by Gasteiger charge is -2.41. The average molecular weight is 443 g/mol. The molecule has 1 rings (SSSR count). The fourth-order valence-electron chi connectivity index (χ4n) is 4.00. The van der Waals surface area contributed by atoms with Crippen molar-refractivity contribution >= 4 is 30.2 Å². The third-order valence-corrected chi connectivity index (χ3v) is 12.1. The Morgan fingerprint density at radius 3 is 1.81 bits per heavy atom. The van der Waals surface area contributed by atoms with E-state index in [4.69, 9.17) is 26.6 Å². The van der Waals surface area contributed by atoms with Crippen LogP contribution in [0.4, 0.5) is 0 Å². The fraction of sp³-hybridized carbons (Fsp3) is 1.00. The molecule has 0 aromatic rings. The second-order valence-electron chi connectivity index (χ2n) is 7.24. The largest absolute Gasteiger partial charge is 0.500 e. The van der Waals surface area contributed by atoms with Gasteiger partial charge in [0.25, 0.3) is 0 Å². The van der Waals surface area contributed by atoms with Gasteiger partial charge in [-0.15, -0.1) is 12.6 Å². The summed E-state index contributed by atoms with van der Waals surface area (Å²) in [5.74, 6) is 0.629. The van der Waals surface area contributed by atoms with Crippen molar-refractivity contribution in [3.05, 3.63) is 0 Å². The Kier molecular flexibility index (Phi) is 11.0. The summed E-state index contributed by atoms with van der Waals surface area (Å²) < 4.78 is 33.0. The molecule has 1 aliphatic rings. The topological polar surface area (TPSA) is 75.6 Å². The summed E-state index contributed by atoms with van der Waals surface area (Å²) in [6.45, 7) is 0. The van der Waals surface area contributed by atoms with E-state index in [1.807, 2.05) is 0 Å². The molecule has 10 heteroatoms. The molecule has 0 spiro atoms. The molecule has 1 N–H and O–H groups in total. The van der Waals surface area contributed by atoms with E-state index in [9.17, 15) is 5.11 Å². The van der Waals surface area contributed by atoms with Crippen molar-refractivity contribution in [2.75, 3.05) is 42.7 Å². The molecule has 1 fully saturated rings. The normalized spacial score (nSPS) is 27.1. The van der Waals surface area contributed by atoms with E-state index >= 15 is 0 Å². The molecule has 1 aliphatic carbocycles. The van der Waals surface area contributed by atoms with Crippen LogP contribution in [0.25, 0.3) is 0 Å². The highest BCUT2D eigenvalue weighted by atomic mass is 32.1. The minimum atomic E-state index is -2.57. The highest BCUT2D eigenvalue weighted by Gasteiger charge is 2.43. The standard InChI is InChI=1S/C17H38O7SSi2/c1-19-26(20-2,21-3)12-7-8-16-14-15(9-11-17(16,18)25)10-13-27(22-4,23-5)24-6/h15-16,18,25H,7-14H2,1-6H3. The van der Waals surface area contributed by atoms with Gasteiger partial charge in [0.15, 0.2) is 0 Å². The monoisotopic (exact) mass is 442 g/mol. The first-order chi connectivity index (χ1) is 12.8. The number of hydrogen-bond acceptors (Lipinski definition) is 8. The van der Waals surface area contributed by atoms with Crippen molar-refractivity contribution in [3.63, 3.8) is 0 Å². The molecule has 1 saturated carbocycles. The molecule has 0 bridgehead atoms. The van der Waals surface area contributed by atoms with Crippen molar-refractivity contribution in [1.29, 1.82) is 0 Å². The molecule has 3 atom stereocenters. The molecule has 27 heavy (non-hydrogen) atoms. The van der Waals surface area contributed by atoms with Gasteiger partial charge in [0, 0.05) is 54.7 Å². The van der Waals surface area contributed by atoms with Crippen molar-refractivity contribution < 1.29 is 31.7 Å². The molecule has 0 amide bonds. The molecule has 0 radical (unpaired) electrons. The van der Waals surface area contributed by atoms with Gasteiger partial charge < -0.3 is 31.7 Å². The van der Waals surface area contributed by atoms with Crippen LogP contribution in [0.1, 0.15) is 38.5 Å². The summed E-state index contributed by atoms with van der Waals surface area (Å²) >= 11 is 4.56. The second-order valence-corrected chi connectivity index (χ2v) is 14.2. The van der Waals surface area contributed by atoms with Crippen molar-refractivity contribution in [3.8, 4) is 0 Å². The van der Waals surface area contributed by atoms with E-state index in [1.165, 1.54) is 0 Å². The van der Waals surface area contributed by atoms with Crippen molar-refractivity contribution in [1.82, 2.24) is 0 Å². The minimum absolute atomic E-state index is 0.126. The van der Waals surface area contributed by atoms with Gasteiger partial charge in [-0.1, -0.05) is 0 Å². The van der Waals surface area contributed by atoms with E-state index in [0.29, 0.717) is 12.3 Å². The average Bonchev–Trinajstić information content (AvgIpc) is 2.69. The Balaban J connectivity index is 2.60. The zero-order valence-corrected chi connectivity index (χ0v) is 20.5. The second kappa shape index (κ2) is 11.6. The van der Waals surface area contributed by atoms with Crippen LogP contribution in [0.2, 0.25) is 12.1 Å². The van der Waals surface area contributed by atoms with Crippen LogP contribution in [-0.4, -0.2) is 70.3 Å². The van der Waals surface area contributed by atoms with Gasteiger partial charge in [0.1, 0.15) is 4.93 Å². The Morgan fingerprint density at radius 1 is 0.852 bits per heavy atom. The summed E-state index contributed by atoms with van der Waals surface area (Å²) in [6.07, 6.45) is 5.27. The quantitative estimate of drug-likeness (QED) is 0.258. The maximum Gasteiger partial charge on any atom is 0.500 e. The molecule has 162 valence electrons. The van der Waals surface area contributed by atoms with Crippen molar-refractivity contribution in [2.45, 2.75) is 55.5 Å². The zero-order valence-electron chi connectivity index (χ0n) is 17.7. The van der Waals surface area contributed by atoms with E-state index in [2.05, 4.69) is 12.6 Å². The molecule has 0 aromatic heterocycles. The lowest BCUT2D eigenvalue weighted by Crippen LogP contribution is -2.44. The van der Waals surface area contributed by atoms with Crippen LogP contribution < -0.4 is 0 Å². The van der Waals surface area contributed by atoms with Gasteiger partial charge in [0.05, 0.1) is 0 Å². The van der Waals surface area contributed by atoms with E-state index in [0.717, 1.165) is 44.2 Å². The number of aliphatic hydroxyl groups is 1. The third kappa shape index (κ3) is 7.05. The first-order valence-electron chi connectivity index (χ1n) is 9.51. The highest BCUT2D eigenvalue weighted by molar-refractivity contribution is 7.81. The molecule has 7 nitrogen and oxygen atoms in total. The molecule has 3 unspecified atom stereocenters. The minimum Gasteiger partial charge on any atom is -0.379 e. The van der Waals surface area contributed by atoms with Gasteiger partial charge >= 0.3 is 17.6 Å². The Bertz CT molecular complexity index is 404. The molecule has 0 heterocycles. The predicted molar refractivity (Wildman–Crippen MR) is 112 cm³/mol. The first kappa shape index (κ1) is 25.5. The molecular formula is C17H38O7SSi2. The third-order valence-electron chi connectivity index (χ3n) is 5.95. The van der Waals surface area contributed by atoms with Gasteiger partial charge in [-0.2, -0.15) is 0 Å². The van der Waals surface area contributed by atoms with Crippen LogP contribution in [0.5, 0.6) is 0 Å². The van der Waals surface area contributed by atoms with E-state index < -0.39 is 22.5 Å². The van der Waals surface area contributed by atoms with Crippen LogP contribution >= 0.6 is 12.6 Å². The van der Waals surface area contributed by atoms with Crippen molar-refractivity contribution in [2.24, 2.45) is 11.8 Å². The molecular weight excluding hydrogens is 404 g/mol. The van der Waals surface area contributed by atoms with Crippen LogP contribution in [-0.2, 0) is 26.6 Å². The molecule has 0 aliphatic heterocycles. The summed E-state index contributed by atoms with van der Waals surface area (Å²) in [4.78, 5) is -0.924. The summed E-state index contributed by atoms with van der Waals surface area (Å²) in [6, 6.07) is 1.51. The lowest BCUT2D eigenvalue weighted by molar-refractivity contribution is 0.0118. The fourth-order valence-corrected chi connectivity index (χ4v) is 7.99. The summed E-state index contributed by atoms with van der Waals surface area (Å²) in [5.41, 5.74) is 0. The Hall–Kier alpha value is 0.504. The van der Waals surface area contributed by atoms with Gasteiger partial charge in [-0.25, -0.2) is 0 Å². The maximum absolute atomic E-state index is 10.7. The van der Waals surface area contributed by atoms with E-state index in [1.54, 1.807) is 42.7 Å². The molecule has 0 aromatic carbocycles. The number of thiol groups is 1. The Morgan fingerprint density at radius 2 is 1.33 bits per heavy atom. The van der Waals surface area contributed by atoms with Crippen LogP contribution in [0.15, 0.2) is 0 Å². The van der Waals surface area contributed by atoms with Gasteiger partial charge in [0.2, 0.25) is 0 Å². The first-order valence-corrected chi connectivity index (χ1v) is 13.8. The number of hydrogen-bond donors (Lipinski definition) is 2. The van der Waals surface area contributed by atoms with Gasteiger partial charge in [-0.05, 0) is 50.4 Å². The zero-order chi connectivity index (χ0) is 20.6. The van der Waals surface area contributed by atoms with Gasteiger partial charge in [-0.3, -0.25) is 0 Å². The molecule has 0 saturated heterocycles. The van der Waals surface area contributed by atoms with Crippen LogP contribution in [0, 0.1) is 11.8 Å². The summed E-state index contributed by atoms with van der Waals surface area (Å²) in [5, 5.41) is 10.7. The maximum atomic E-state index is 10.7.